The fourth-order valence-electron chi connectivity index (χ4n) is 3.92. The van der Waals surface area contributed by atoms with Crippen LogP contribution in [0.5, 0.6) is 0 Å². The van der Waals surface area contributed by atoms with Crippen LogP contribution in [-0.2, 0) is 22.6 Å². The van der Waals surface area contributed by atoms with E-state index in [2.05, 4.69) is 17.6 Å². The van der Waals surface area contributed by atoms with Gasteiger partial charge in [0.15, 0.2) is 0 Å². The molecule has 190 valence electrons. The van der Waals surface area contributed by atoms with E-state index in [1.165, 1.54) is 16.2 Å². The molecule has 0 aliphatic heterocycles. The van der Waals surface area contributed by atoms with Crippen molar-refractivity contribution in [3.05, 3.63) is 112 Å². The number of aryl methyl sites for hydroxylation is 2. The molecule has 0 saturated carbocycles. The van der Waals surface area contributed by atoms with Crippen molar-refractivity contribution in [1.29, 1.82) is 0 Å². The van der Waals surface area contributed by atoms with Gasteiger partial charge in [-0.05, 0) is 60.2 Å². The van der Waals surface area contributed by atoms with Gasteiger partial charge in [-0.15, -0.1) is 11.3 Å². The average Bonchev–Trinajstić information content (AvgIpc) is 3.64. The second kappa shape index (κ2) is 12.2. The molecule has 2 aromatic carbocycles. The topological polar surface area (TPSA) is 91.7 Å². The van der Waals surface area contributed by atoms with Gasteiger partial charge in [0.05, 0.1) is 24.2 Å². The fourth-order valence-corrected chi connectivity index (χ4v) is 4.56. The normalized spacial score (nSPS) is 11.5. The number of thiophene rings is 1. The van der Waals surface area contributed by atoms with Crippen LogP contribution in [0.4, 0.5) is 5.69 Å². The van der Waals surface area contributed by atoms with Crippen LogP contribution in [-0.4, -0.2) is 24.3 Å². The van der Waals surface area contributed by atoms with Crippen LogP contribution in [0.2, 0.25) is 0 Å². The molecular formula is C29H29N3O4S. The highest BCUT2D eigenvalue weighted by atomic mass is 32.1. The molecule has 0 fully saturated rings. The van der Waals surface area contributed by atoms with Gasteiger partial charge in [-0.3, -0.25) is 19.3 Å². The Morgan fingerprint density at radius 1 is 0.946 bits per heavy atom. The second-order valence-electron chi connectivity index (χ2n) is 8.55. The van der Waals surface area contributed by atoms with Crippen molar-refractivity contribution in [1.82, 2.24) is 10.6 Å². The van der Waals surface area contributed by atoms with Gasteiger partial charge in [0, 0.05) is 5.69 Å². The molecule has 0 spiro atoms. The highest BCUT2D eigenvalue weighted by Crippen LogP contribution is 2.29. The van der Waals surface area contributed by atoms with Gasteiger partial charge < -0.3 is 15.1 Å². The van der Waals surface area contributed by atoms with Gasteiger partial charge >= 0.3 is 0 Å². The fraction of sp³-hybridized carbons (Fsp3) is 0.207. The maximum atomic E-state index is 13.7. The van der Waals surface area contributed by atoms with E-state index in [0.717, 1.165) is 17.5 Å². The molecule has 4 rings (SSSR count). The molecular weight excluding hydrogens is 486 g/mol. The third-order valence-electron chi connectivity index (χ3n) is 5.95. The first-order valence-electron chi connectivity index (χ1n) is 12.1. The van der Waals surface area contributed by atoms with E-state index in [-0.39, 0.29) is 24.9 Å². The number of nitrogens with zero attached hydrogens (tertiary/aromatic N) is 1. The maximum absolute atomic E-state index is 13.7. The van der Waals surface area contributed by atoms with E-state index in [1.54, 1.807) is 35.9 Å². The lowest BCUT2D eigenvalue weighted by molar-refractivity contribution is -0.126. The van der Waals surface area contributed by atoms with Gasteiger partial charge in [-0.1, -0.05) is 55.0 Å². The maximum Gasteiger partial charge on any atom is 0.261 e. The smallest absolute Gasteiger partial charge is 0.261 e. The summed E-state index contributed by atoms with van der Waals surface area (Å²) < 4.78 is 5.36. The summed E-state index contributed by atoms with van der Waals surface area (Å²) >= 11 is 1.30. The van der Waals surface area contributed by atoms with Crippen molar-refractivity contribution in [2.45, 2.75) is 32.9 Å². The summed E-state index contributed by atoms with van der Waals surface area (Å²) in [5, 5.41) is 7.40. The molecule has 4 aromatic rings. The lowest BCUT2D eigenvalue weighted by atomic mass is 10.0. The number of hydrogen-bond donors (Lipinski definition) is 2. The van der Waals surface area contributed by atoms with Gasteiger partial charge in [0.25, 0.3) is 5.91 Å². The van der Waals surface area contributed by atoms with Crippen molar-refractivity contribution in [3.8, 4) is 0 Å². The molecule has 0 aliphatic carbocycles. The van der Waals surface area contributed by atoms with E-state index in [0.29, 0.717) is 21.9 Å². The second-order valence-corrected chi connectivity index (χ2v) is 9.50. The summed E-state index contributed by atoms with van der Waals surface area (Å²) in [5.74, 6) is -0.506. The first-order valence-corrected chi connectivity index (χ1v) is 12.9. The molecule has 2 heterocycles. The van der Waals surface area contributed by atoms with Crippen LogP contribution in [0.3, 0.4) is 0 Å². The summed E-state index contributed by atoms with van der Waals surface area (Å²) in [6, 6.07) is 21.1. The highest BCUT2D eigenvalue weighted by molar-refractivity contribution is 7.12. The van der Waals surface area contributed by atoms with E-state index in [9.17, 15) is 14.4 Å². The number of anilines is 1. The molecule has 0 saturated heterocycles. The molecule has 2 aromatic heterocycles. The van der Waals surface area contributed by atoms with Gasteiger partial charge in [-0.2, -0.15) is 0 Å². The zero-order valence-electron chi connectivity index (χ0n) is 20.8. The lowest BCUT2D eigenvalue weighted by Gasteiger charge is -2.32. The third-order valence-corrected chi connectivity index (χ3v) is 6.82. The molecule has 1 unspecified atom stereocenters. The lowest BCUT2D eigenvalue weighted by Crippen LogP contribution is -2.47. The number of benzene rings is 2. The number of carbonyl (C=O) groups is 3. The average molecular weight is 516 g/mol. The number of amides is 3. The zero-order chi connectivity index (χ0) is 26.2. The summed E-state index contributed by atoms with van der Waals surface area (Å²) in [7, 11) is 0. The van der Waals surface area contributed by atoms with Crippen molar-refractivity contribution in [2.75, 3.05) is 11.4 Å². The van der Waals surface area contributed by atoms with Crippen LogP contribution >= 0.6 is 11.3 Å². The summed E-state index contributed by atoms with van der Waals surface area (Å²) in [4.78, 5) is 41.9. The van der Waals surface area contributed by atoms with Crippen molar-refractivity contribution >= 4 is 34.7 Å². The molecule has 2 N–H and O–H groups in total. The van der Waals surface area contributed by atoms with E-state index < -0.39 is 11.9 Å². The molecule has 0 bridgehead atoms. The van der Waals surface area contributed by atoms with Crippen LogP contribution in [0.25, 0.3) is 0 Å². The number of rotatable bonds is 10. The van der Waals surface area contributed by atoms with Gasteiger partial charge in [-0.25, -0.2) is 0 Å². The SMILES string of the molecule is CCc1ccc(N(C(=O)CNC(=O)c2cccs2)C(C(=O)NCc2ccco2)c2ccc(C)cc2)cc1. The highest BCUT2D eigenvalue weighted by Gasteiger charge is 2.33. The molecule has 0 aliphatic rings. The Hall–Kier alpha value is -4.17. The quantitative estimate of drug-likeness (QED) is 0.310. The summed E-state index contributed by atoms with van der Waals surface area (Å²) in [5.41, 5.74) is 3.36. The molecule has 3 amide bonds. The number of furan rings is 1. The van der Waals surface area contributed by atoms with Crippen molar-refractivity contribution < 1.29 is 18.8 Å². The molecule has 37 heavy (non-hydrogen) atoms. The molecule has 8 heteroatoms. The third kappa shape index (κ3) is 6.54. The monoisotopic (exact) mass is 515 g/mol. The Bertz CT molecular complexity index is 1310. The Balaban J connectivity index is 1.68. The molecule has 0 radical (unpaired) electrons. The molecule has 7 nitrogen and oxygen atoms in total. The Morgan fingerprint density at radius 3 is 2.32 bits per heavy atom. The minimum absolute atomic E-state index is 0.181. The largest absolute Gasteiger partial charge is 0.467 e. The van der Waals surface area contributed by atoms with Gasteiger partial charge in [0.1, 0.15) is 11.8 Å². The zero-order valence-corrected chi connectivity index (χ0v) is 21.6. The Kier molecular flexibility index (Phi) is 8.53. The minimum atomic E-state index is -0.964. The van der Waals surface area contributed by atoms with Crippen LogP contribution < -0.4 is 15.5 Å². The Labute approximate surface area is 220 Å². The van der Waals surface area contributed by atoms with Crippen LogP contribution in [0.1, 0.15) is 45.1 Å². The standard InChI is InChI=1S/C29H29N3O4S/c1-3-21-10-14-23(15-11-21)32(26(33)19-31-28(34)25-7-5-17-37-25)27(22-12-8-20(2)9-13-22)29(35)30-18-24-6-4-16-36-24/h4-17,27H,3,18-19H2,1-2H3,(H,30,35)(H,31,34). The van der Waals surface area contributed by atoms with Crippen molar-refractivity contribution in [3.63, 3.8) is 0 Å². The first-order chi connectivity index (χ1) is 18.0. The van der Waals surface area contributed by atoms with E-state index in [4.69, 9.17) is 4.42 Å². The summed E-state index contributed by atoms with van der Waals surface area (Å²) in [6.07, 6.45) is 2.39. The van der Waals surface area contributed by atoms with Crippen LogP contribution in [0, 0.1) is 6.92 Å². The van der Waals surface area contributed by atoms with E-state index >= 15 is 0 Å². The number of nitrogens with one attached hydrogen (secondary N) is 2. The molecule has 1 atom stereocenters. The number of hydrogen-bond acceptors (Lipinski definition) is 5. The Morgan fingerprint density at radius 2 is 1.70 bits per heavy atom. The predicted octanol–water partition coefficient (Wildman–Crippen LogP) is 5.03. The van der Waals surface area contributed by atoms with E-state index in [1.807, 2.05) is 55.5 Å². The minimum Gasteiger partial charge on any atom is -0.467 e. The van der Waals surface area contributed by atoms with Gasteiger partial charge in [0.2, 0.25) is 11.8 Å². The van der Waals surface area contributed by atoms with Crippen molar-refractivity contribution in [2.24, 2.45) is 0 Å². The number of carbonyl (C=O) groups excluding carboxylic acids is 3. The summed E-state index contributed by atoms with van der Waals surface area (Å²) in [6.45, 7) is 3.93. The predicted molar refractivity (Wildman–Crippen MR) is 144 cm³/mol. The van der Waals surface area contributed by atoms with Crippen LogP contribution in [0.15, 0.2) is 88.9 Å². The first kappa shape index (κ1) is 25.9.